The zero-order valence-electron chi connectivity index (χ0n) is 12.1. The lowest BCUT2D eigenvalue weighted by Gasteiger charge is -2.21. The number of benzene rings is 1. The predicted molar refractivity (Wildman–Crippen MR) is 86.9 cm³/mol. The van der Waals surface area contributed by atoms with Gasteiger partial charge in [-0.15, -0.1) is 12.4 Å². The Morgan fingerprint density at radius 1 is 1.52 bits per heavy atom. The Morgan fingerprint density at radius 3 is 3.10 bits per heavy atom. The van der Waals surface area contributed by atoms with Crippen LogP contribution in [0.15, 0.2) is 24.4 Å². The molecule has 0 saturated carbocycles. The quantitative estimate of drug-likeness (QED) is 0.915. The van der Waals surface area contributed by atoms with Gasteiger partial charge in [-0.1, -0.05) is 0 Å². The molecule has 1 aliphatic rings. The van der Waals surface area contributed by atoms with Crippen molar-refractivity contribution in [3.63, 3.8) is 0 Å². The fraction of sp³-hybridized carbons (Fsp3) is 0.467. The van der Waals surface area contributed by atoms with Gasteiger partial charge in [0.05, 0.1) is 17.6 Å². The van der Waals surface area contributed by atoms with Crippen molar-refractivity contribution < 1.29 is 4.79 Å². The molecule has 5 nitrogen and oxygen atoms in total. The fourth-order valence-corrected chi connectivity index (χ4v) is 2.72. The molecule has 2 N–H and O–H groups in total. The molecule has 0 aliphatic carbocycles. The molecule has 1 aromatic carbocycles. The van der Waals surface area contributed by atoms with Crippen molar-refractivity contribution in [3.05, 3.63) is 24.4 Å². The molecule has 114 valence electrons. The van der Waals surface area contributed by atoms with Crippen LogP contribution in [-0.2, 0) is 11.3 Å². The Bertz CT molecular complexity index is 619. The van der Waals surface area contributed by atoms with Crippen LogP contribution in [0.3, 0.4) is 0 Å². The summed E-state index contributed by atoms with van der Waals surface area (Å²) >= 11 is 0. The van der Waals surface area contributed by atoms with Crippen molar-refractivity contribution in [3.8, 4) is 0 Å². The van der Waals surface area contributed by atoms with Crippen molar-refractivity contribution in [2.45, 2.75) is 26.3 Å². The van der Waals surface area contributed by atoms with Gasteiger partial charge in [0.2, 0.25) is 5.91 Å². The van der Waals surface area contributed by atoms with E-state index in [1.54, 1.807) is 0 Å². The summed E-state index contributed by atoms with van der Waals surface area (Å²) in [5.74, 6) is 0.189. The van der Waals surface area contributed by atoms with Crippen molar-refractivity contribution in [2.75, 3.05) is 18.4 Å². The van der Waals surface area contributed by atoms with E-state index in [-0.39, 0.29) is 24.2 Å². The number of nitrogens with one attached hydrogen (secondary N) is 2. The summed E-state index contributed by atoms with van der Waals surface area (Å²) in [7, 11) is 0. The van der Waals surface area contributed by atoms with Crippen molar-refractivity contribution in [1.82, 2.24) is 15.1 Å². The minimum atomic E-state index is 0. The third kappa shape index (κ3) is 3.36. The maximum atomic E-state index is 12.2. The van der Waals surface area contributed by atoms with Crippen LogP contribution in [0.4, 0.5) is 5.69 Å². The normalized spacial score (nSPS) is 18.2. The third-order valence-corrected chi connectivity index (χ3v) is 3.88. The number of fused-ring (bicyclic) bond motifs is 1. The first-order chi connectivity index (χ1) is 9.78. The Kier molecular flexibility index (Phi) is 5.20. The maximum Gasteiger partial charge on any atom is 0.228 e. The summed E-state index contributed by atoms with van der Waals surface area (Å²) in [6.07, 6.45) is 3.89. The molecule has 1 atom stereocenters. The first-order valence-corrected chi connectivity index (χ1v) is 7.25. The van der Waals surface area contributed by atoms with Crippen LogP contribution in [-0.4, -0.2) is 28.8 Å². The van der Waals surface area contributed by atoms with Gasteiger partial charge in [0.1, 0.15) is 0 Å². The molecule has 1 amide bonds. The van der Waals surface area contributed by atoms with Gasteiger partial charge >= 0.3 is 0 Å². The second-order valence-electron chi connectivity index (χ2n) is 5.27. The van der Waals surface area contributed by atoms with Crippen LogP contribution >= 0.6 is 12.4 Å². The molecule has 21 heavy (non-hydrogen) atoms. The van der Waals surface area contributed by atoms with Crippen molar-refractivity contribution in [2.24, 2.45) is 5.92 Å². The molecule has 6 heteroatoms. The van der Waals surface area contributed by atoms with Gasteiger partial charge in [-0.3, -0.25) is 9.48 Å². The van der Waals surface area contributed by atoms with E-state index in [4.69, 9.17) is 0 Å². The number of hydrogen-bond acceptors (Lipinski definition) is 3. The number of carbonyl (C=O) groups excluding carboxylic acids is 1. The molecule has 1 fully saturated rings. The lowest BCUT2D eigenvalue weighted by Crippen LogP contribution is -2.37. The van der Waals surface area contributed by atoms with E-state index in [2.05, 4.69) is 22.7 Å². The number of rotatable bonds is 3. The number of hydrogen-bond donors (Lipinski definition) is 2. The molecule has 0 spiro atoms. The predicted octanol–water partition coefficient (Wildman–Crippen LogP) is 2.42. The highest BCUT2D eigenvalue weighted by molar-refractivity contribution is 5.95. The second kappa shape index (κ2) is 6.91. The van der Waals surface area contributed by atoms with E-state index in [0.29, 0.717) is 0 Å². The number of aryl methyl sites for hydroxylation is 1. The SMILES string of the molecule is CCn1ncc2ccc(NC(=O)C3CCCNC3)cc21.Cl. The van der Waals surface area contributed by atoms with E-state index in [1.807, 2.05) is 29.1 Å². The summed E-state index contributed by atoms with van der Waals surface area (Å²) in [4.78, 5) is 12.2. The van der Waals surface area contributed by atoms with Gasteiger partial charge in [-0.05, 0) is 44.5 Å². The Hall–Kier alpha value is -1.59. The highest BCUT2D eigenvalue weighted by Gasteiger charge is 2.20. The monoisotopic (exact) mass is 308 g/mol. The molecule has 1 aliphatic heterocycles. The summed E-state index contributed by atoms with van der Waals surface area (Å²) < 4.78 is 1.94. The summed E-state index contributed by atoms with van der Waals surface area (Å²) in [5.41, 5.74) is 1.91. The standard InChI is InChI=1S/C15H20N4O.ClH/c1-2-19-14-8-13(6-5-11(14)10-17-19)18-15(20)12-4-3-7-16-9-12;/h5-6,8,10,12,16H,2-4,7,9H2,1H3,(H,18,20);1H. The number of nitrogens with zero attached hydrogens (tertiary/aromatic N) is 2. The van der Waals surface area contributed by atoms with Gasteiger partial charge in [0, 0.05) is 24.2 Å². The van der Waals surface area contributed by atoms with E-state index in [1.165, 1.54) is 0 Å². The molecule has 3 rings (SSSR count). The number of carbonyl (C=O) groups is 1. The Morgan fingerprint density at radius 2 is 2.38 bits per heavy atom. The summed E-state index contributed by atoms with van der Waals surface area (Å²) in [6.45, 7) is 4.69. The molecular formula is C15H21ClN4O. The molecule has 0 radical (unpaired) electrons. The van der Waals surface area contributed by atoms with Crippen LogP contribution < -0.4 is 10.6 Å². The van der Waals surface area contributed by atoms with Crippen LogP contribution in [0.5, 0.6) is 0 Å². The molecule has 1 unspecified atom stereocenters. The van der Waals surface area contributed by atoms with Gasteiger partial charge in [0.25, 0.3) is 0 Å². The Balaban J connectivity index is 0.00000161. The number of halogens is 1. The van der Waals surface area contributed by atoms with Gasteiger partial charge in [0.15, 0.2) is 0 Å². The fourth-order valence-electron chi connectivity index (χ4n) is 2.72. The highest BCUT2D eigenvalue weighted by atomic mass is 35.5. The van der Waals surface area contributed by atoms with Gasteiger partial charge < -0.3 is 10.6 Å². The van der Waals surface area contributed by atoms with Crippen molar-refractivity contribution in [1.29, 1.82) is 0 Å². The first kappa shape index (κ1) is 15.8. The van der Waals surface area contributed by atoms with Crippen LogP contribution in [0.2, 0.25) is 0 Å². The van der Waals surface area contributed by atoms with Crippen LogP contribution in [0.25, 0.3) is 10.9 Å². The zero-order valence-corrected chi connectivity index (χ0v) is 12.9. The topological polar surface area (TPSA) is 59.0 Å². The van der Waals surface area contributed by atoms with E-state index in [0.717, 1.165) is 49.1 Å². The molecule has 1 saturated heterocycles. The molecule has 1 aromatic heterocycles. The number of piperidine rings is 1. The number of anilines is 1. The average molecular weight is 309 g/mol. The van der Waals surface area contributed by atoms with Crippen molar-refractivity contribution >= 4 is 34.9 Å². The molecule has 2 aromatic rings. The van der Waals surface area contributed by atoms with Gasteiger partial charge in [-0.25, -0.2) is 0 Å². The summed E-state index contributed by atoms with van der Waals surface area (Å²) in [5, 5.41) is 11.7. The zero-order chi connectivity index (χ0) is 13.9. The minimum absolute atomic E-state index is 0. The third-order valence-electron chi connectivity index (χ3n) is 3.88. The van der Waals surface area contributed by atoms with E-state index in [9.17, 15) is 4.79 Å². The smallest absolute Gasteiger partial charge is 0.228 e. The highest BCUT2D eigenvalue weighted by Crippen LogP contribution is 2.20. The first-order valence-electron chi connectivity index (χ1n) is 7.25. The maximum absolute atomic E-state index is 12.2. The van der Waals surface area contributed by atoms with Crippen LogP contribution in [0.1, 0.15) is 19.8 Å². The molecule has 2 heterocycles. The van der Waals surface area contributed by atoms with E-state index < -0.39 is 0 Å². The lowest BCUT2D eigenvalue weighted by atomic mass is 9.99. The van der Waals surface area contributed by atoms with Gasteiger partial charge in [-0.2, -0.15) is 5.10 Å². The minimum Gasteiger partial charge on any atom is -0.326 e. The largest absolute Gasteiger partial charge is 0.326 e. The average Bonchev–Trinajstić information content (AvgIpc) is 2.90. The van der Waals surface area contributed by atoms with Crippen LogP contribution in [0, 0.1) is 5.92 Å². The number of amides is 1. The Labute approximate surface area is 130 Å². The summed E-state index contributed by atoms with van der Waals surface area (Å²) in [6, 6.07) is 5.95. The molecule has 0 bridgehead atoms. The number of aromatic nitrogens is 2. The van der Waals surface area contributed by atoms with E-state index >= 15 is 0 Å². The molecular weight excluding hydrogens is 288 g/mol. The second-order valence-corrected chi connectivity index (χ2v) is 5.27. The lowest BCUT2D eigenvalue weighted by molar-refractivity contribution is -0.120.